The Morgan fingerprint density at radius 3 is 2.84 bits per heavy atom. The molecular formula is C13H20N2O3S. The van der Waals surface area contributed by atoms with Gasteiger partial charge in [-0.2, -0.15) is 0 Å². The minimum absolute atomic E-state index is 0.231. The summed E-state index contributed by atoms with van der Waals surface area (Å²) in [7, 11) is -3.55. The summed E-state index contributed by atoms with van der Waals surface area (Å²) in [5, 5.41) is 0. The van der Waals surface area contributed by atoms with E-state index in [9.17, 15) is 8.42 Å². The predicted octanol–water partition coefficient (Wildman–Crippen LogP) is 1.42. The van der Waals surface area contributed by atoms with Gasteiger partial charge in [0, 0.05) is 18.8 Å². The van der Waals surface area contributed by atoms with Crippen molar-refractivity contribution in [1.29, 1.82) is 0 Å². The summed E-state index contributed by atoms with van der Waals surface area (Å²) in [4.78, 5) is 0.231. The summed E-state index contributed by atoms with van der Waals surface area (Å²) in [6, 6.07) is 4.88. The van der Waals surface area contributed by atoms with Crippen molar-refractivity contribution < 1.29 is 13.2 Å². The van der Waals surface area contributed by atoms with Gasteiger partial charge in [0.25, 0.3) is 0 Å². The molecule has 1 heterocycles. The largest absolute Gasteiger partial charge is 0.399 e. The highest BCUT2D eigenvalue weighted by molar-refractivity contribution is 7.89. The van der Waals surface area contributed by atoms with Gasteiger partial charge in [-0.25, -0.2) is 13.1 Å². The zero-order valence-electron chi connectivity index (χ0n) is 11.3. The lowest BCUT2D eigenvalue weighted by Crippen LogP contribution is -2.40. The fourth-order valence-electron chi connectivity index (χ4n) is 2.21. The van der Waals surface area contributed by atoms with Crippen LogP contribution in [-0.2, 0) is 14.8 Å². The molecule has 0 radical (unpaired) electrons. The first-order chi connectivity index (χ1) is 8.82. The Hall–Kier alpha value is -1.11. The third-order valence-electron chi connectivity index (χ3n) is 3.44. The molecule has 0 spiro atoms. The van der Waals surface area contributed by atoms with Crippen molar-refractivity contribution in [2.75, 3.05) is 18.9 Å². The van der Waals surface area contributed by atoms with Gasteiger partial charge in [0.2, 0.25) is 10.0 Å². The minimum atomic E-state index is -3.55. The minimum Gasteiger partial charge on any atom is -0.399 e. The number of benzene rings is 1. The van der Waals surface area contributed by atoms with Gasteiger partial charge >= 0.3 is 0 Å². The molecule has 1 aliphatic heterocycles. The maximum atomic E-state index is 12.3. The molecule has 1 unspecified atom stereocenters. The van der Waals surface area contributed by atoms with Gasteiger partial charge in [0.15, 0.2) is 0 Å². The van der Waals surface area contributed by atoms with Gasteiger partial charge in [0.1, 0.15) is 0 Å². The summed E-state index contributed by atoms with van der Waals surface area (Å²) in [6.45, 7) is 4.65. The van der Waals surface area contributed by atoms with Gasteiger partial charge in [-0.15, -0.1) is 0 Å². The molecule has 0 amide bonds. The smallest absolute Gasteiger partial charge is 0.241 e. The highest BCUT2D eigenvalue weighted by Gasteiger charge is 2.31. The van der Waals surface area contributed by atoms with Crippen LogP contribution in [0.3, 0.4) is 0 Å². The molecule has 0 bridgehead atoms. The molecule has 0 saturated carbocycles. The average Bonchev–Trinajstić information content (AvgIpc) is 2.78. The van der Waals surface area contributed by atoms with Crippen LogP contribution >= 0.6 is 0 Å². The standard InChI is InChI=1S/C13H20N2O3S/c1-10-4-5-11(14)8-12(10)19(16,17)15-9-13(2)6-3-7-18-13/h4-5,8,15H,3,6-7,9,14H2,1-2H3. The fourth-order valence-corrected chi connectivity index (χ4v) is 3.64. The van der Waals surface area contributed by atoms with E-state index in [4.69, 9.17) is 10.5 Å². The Morgan fingerprint density at radius 2 is 2.21 bits per heavy atom. The van der Waals surface area contributed by atoms with E-state index >= 15 is 0 Å². The molecule has 1 aromatic rings. The molecule has 1 aliphatic rings. The van der Waals surface area contributed by atoms with Crippen molar-refractivity contribution in [3.63, 3.8) is 0 Å². The molecule has 6 heteroatoms. The highest BCUT2D eigenvalue weighted by Crippen LogP contribution is 2.25. The molecular weight excluding hydrogens is 264 g/mol. The Kier molecular flexibility index (Phi) is 3.85. The van der Waals surface area contributed by atoms with Gasteiger partial charge in [-0.1, -0.05) is 6.07 Å². The number of nitrogens with two attached hydrogens (primary N) is 1. The van der Waals surface area contributed by atoms with E-state index in [-0.39, 0.29) is 11.4 Å². The molecule has 0 aromatic heterocycles. The first-order valence-electron chi connectivity index (χ1n) is 6.32. The maximum absolute atomic E-state index is 12.3. The van der Waals surface area contributed by atoms with E-state index < -0.39 is 15.6 Å². The molecule has 19 heavy (non-hydrogen) atoms. The van der Waals surface area contributed by atoms with Crippen molar-refractivity contribution in [2.45, 2.75) is 37.2 Å². The molecule has 0 aliphatic carbocycles. The SMILES string of the molecule is Cc1ccc(N)cc1S(=O)(=O)NCC1(C)CCCO1. The van der Waals surface area contributed by atoms with E-state index in [2.05, 4.69) is 4.72 Å². The zero-order chi connectivity index (χ0) is 14.1. The van der Waals surface area contributed by atoms with Gasteiger partial charge < -0.3 is 10.5 Å². The first-order valence-corrected chi connectivity index (χ1v) is 7.80. The number of nitrogen functional groups attached to an aromatic ring is 1. The molecule has 1 fully saturated rings. The van der Waals surface area contributed by atoms with E-state index in [0.29, 0.717) is 17.9 Å². The van der Waals surface area contributed by atoms with Gasteiger partial charge in [-0.05, 0) is 44.4 Å². The lowest BCUT2D eigenvalue weighted by atomic mass is 10.0. The molecule has 2 rings (SSSR count). The van der Waals surface area contributed by atoms with Crippen molar-refractivity contribution in [1.82, 2.24) is 4.72 Å². The second-order valence-electron chi connectivity index (χ2n) is 5.25. The van der Waals surface area contributed by atoms with E-state index in [1.54, 1.807) is 19.1 Å². The van der Waals surface area contributed by atoms with Gasteiger partial charge in [0.05, 0.1) is 10.5 Å². The number of ether oxygens (including phenoxy) is 1. The maximum Gasteiger partial charge on any atom is 0.241 e. The number of hydrogen-bond donors (Lipinski definition) is 2. The summed E-state index contributed by atoms with van der Waals surface area (Å²) in [5.74, 6) is 0. The summed E-state index contributed by atoms with van der Waals surface area (Å²) >= 11 is 0. The third-order valence-corrected chi connectivity index (χ3v) is 4.98. The van der Waals surface area contributed by atoms with Crippen molar-refractivity contribution >= 4 is 15.7 Å². The molecule has 1 saturated heterocycles. The second-order valence-corrected chi connectivity index (χ2v) is 6.99. The van der Waals surface area contributed by atoms with Crippen molar-refractivity contribution in [3.05, 3.63) is 23.8 Å². The highest BCUT2D eigenvalue weighted by atomic mass is 32.2. The third kappa shape index (κ3) is 3.26. The lowest BCUT2D eigenvalue weighted by Gasteiger charge is -2.23. The monoisotopic (exact) mass is 284 g/mol. The Labute approximate surface area is 114 Å². The molecule has 1 atom stereocenters. The summed E-state index contributed by atoms with van der Waals surface area (Å²) < 4.78 is 32.8. The van der Waals surface area contributed by atoms with Crippen LogP contribution in [0, 0.1) is 6.92 Å². The molecule has 1 aromatic carbocycles. The Balaban J connectivity index is 2.16. The summed E-state index contributed by atoms with van der Waals surface area (Å²) in [5.41, 5.74) is 6.37. The van der Waals surface area contributed by atoms with Crippen molar-refractivity contribution in [2.24, 2.45) is 0 Å². The topological polar surface area (TPSA) is 81.4 Å². The quantitative estimate of drug-likeness (QED) is 0.819. The van der Waals surface area contributed by atoms with E-state index in [1.807, 2.05) is 6.92 Å². The number of hydrogen-bond acceptors (Lipinski definition) is 4. The van der Waals surface area contributed by atoms with Crippen LogP contribution < -0.4 is 10.5 Å². The zero-order valence-corrected chi connectivity index (χ0v) is 12.1. The van der Waals surface area contributed by atoms with E-state index in [0.717, 1.165) is 12.8 Å². The number of anilines is 1. The van der Waals surface area contributed by atoms with Crippen LogP contribution in [-0.4, -0.2) is 27.2 Å². The number of aryl methyl sites for hydroxylation is 1. The predicted molar refractivity (Wildman–Crippen MR) is 74.4 cm³/mol. The molecule has 106 valence electrons. The number of rotatable bonds is 4. The first kappa shape index (κ1) is 14.3. The molecule has 3 N–H and O–H groups in total. The normalized spacial score (nSPS) is 23.7. The summed E-state index contributed by atoms with van der Waals surface area (Å²) in [6.07, 6.45) is 1.83. The fraction of sp³-hybridized carbons (Fsp3) is 0.538. The number of sulfonamides is 1. The molecule has 5 nitrogen and oxygen atoms in total. The van der Waals surface area contributed by atoms with Crippen LogP contribution in [0.2, 0.25) is 0 Å². The van der Waals surface area contributed by atoms with Crippen LogP contribution in [0.5, 0.6) is 0 Å². The van der Waals surface area contributed by atoms with Gasteiger partial charge in [-0.3, -0.25) is 0 Å². The van der Waals surface area contributed by atoms with Crippen molar-refractivity contribution in [3.8, 4) is 0 Å². The van der Waals surface area contributed by atoms with Crippen LogP contribution in [0.15, 0.2) is 23.1 Å². The number of nitrogens with one attached hydrogen (secondary N) is 1. The van der Waals surface area contributed by atoms with Crippen LogP contribution in [0.1, 0.15) is 25.3 Å². The second kappa shape index (κ2) is 5.11. The Morgan fingerprint density at radius 1 is 1.47 bits per heavy atom. The Bertz CT molecular complexity index is 563. The average molecular weight is 284 g/mol. The lowest BCUT2D eigenvalue weighted by molar-refractivity contribution is 0.0250. The van der Waals surface area contributed by atoms with Crippen LogP contribution in [0.25, 0.3) is 0 Å². The van der Waals surface area contributed by atoms with E-state index in [1.165, 1.54) is 6.07 Å². The van der Waals surface area contributed by atoms with Crippen LogP contribution in [0.4, 0.5) is 5.69 Å².